The predicted octanol–water partition coefficient (Wildman–Crippen LogP) is 4.60. The zero-order valence-corrected chi connectivity index (χ0v) is 18.9. The Morgan fingerprint density at radius 2 is 2.00 bits per heavy atom. The van der Waals surface area contributed by atoms with Crippen molar-refractivity contribution in [2.75, 3.05) is 0 Å². The van der Waals surface area contributed by atoms with Gasteiger partial charge in [-0.2, -0.15) is 5.26 Å². The van der Waals surface area contributed by atoms with Gasteiger partial charge >= 0.3 is 0 Å². The van der Waals surface area contributed by atoms with Crippen molar-refractivity contribution in [1.82, 2.24) is 14.9 Å². The predicted molar refractivity (Wildman–Crippen MR) is 112 cm³/mol. The molecule has 4 rings (SSSR count). The maximum absolute atomic E-state index is 13.0. The van der Waals surface area contributed by atoms with Gasteiger partial charge in [0.2, 0.25) is 0 Å². The highest BCUT2D eigenvalue weighted by atomic mass is 79.9. The second-order valence-electron chi connectivity index (χ2n) is 8.72. The SMILES string of the molecule is CC1(C)C(Oc2ccc(C#N)c(Cl)c2)C(C)(C)C1N1Cc2nc(Br)cnc2C1=O. The second kappa shape index (κ2) is 6.68. The van der Waals surface area contributed by atoms with Crippen molar-refractivity contribution >= 4 is 33.4 Å². The third-order valence-corrected chi connectivity index (χ3v) is 6.68. The summed E-state index contributed by atoms with van der Waals surface area (Å²) >= 11 is 9.48. The summed E-state index contributed by atoms with van der Waals surface area (Å²) in [6.07, 6.45) is 1.41. The molecule has 1 aliphatic carbocycles. The van der Waals surface area contributed by atoms with E-state index in [1.54, 1.807) is 24.4 Å². The van der Waals surface area contributed by atoms with Crippen molar-refractivity contribution in [1.29, 1.82) is 5.26 Å². The zero-order chi connectivity index (χ0) is 21.1. The lowest BCUT2D eigenvalue weighted by molar-refractivity contribution is -0.199. The molecule has 1 fully saturated rings. The first-order valence-corrected chi connectivity index (χ1v) is 10.4. The molecule has 0 unspecified atom stereocenters. The van der Waals surface area contributed by atoms with Gasteiger partial charge in [0, 0.05) is 22.9 Å². The monoisotopic (exact) mass is 474 g/mol. The molecule has 0 atom stereocenters. The number of hydrogen-bond donors (Lipinski definition) is 0. The highest BCUT2D eigenvalue weighted by molar-refractivity contribution is 9.10. The molecule has 1 aromatic carbocycles. The molecule has 0 radical (unpaired) electrons. The average molecular weight is 476 g/mol. The van der Waals surface area contributed by atoms with E-state index in [-0.39, 0.29) is 28.9 Å². The summed E-state index contributed by atoms with van der Waals surface area (Å²) in [6, 6.07) is 7.09. The van der Waals surface area contributed by atoms with E-state index in [1.807, 2.05) is 4.90 Å². The molecule has 150 valence electrons. The van der Waals surface area contributed by atoms with Gasteiger partial charge in [-0.3, -0.25) is 4.79 Å². The Labute approximate surface area is 183 Å². The largest absolute Gasteiger partial charge is 0.489 e. The van der Waals surface area contributed by atoms with Crippen LogP contribution < -0.4 is 4.74 Å². The number of halogens is 2. The Bertz CT molecular complexity index is 1050. The molecular weight excluding hydrogens is 456 g/mol. The lowest BCUT2D eigenvalue weighted by Crippen LogP contribution is -2.74. The first-order chi connectivity index (χ1) is 13.6. The number of aromatic nitrogens is 2. The summed E-state index contributed by atoms with van der Waals surface area (Å²) in [5.74, 6) is 0.521. The van der Waals surface area contributed by atoms with Gasteiger partial charge < -0.3 is 9.64 Å². The van der Waals surface area contributed by atoms with Crippen molar-refractivity contribution in [3.05, 3.63) is 51.0 Å². The standard InChI is InChI=1S/C21H20BrClN4O2/c1-20(2)18(27-10-14-16(17(27)28)25-9-15(22)26-14)21(3,4)19(20)29-12-6-5-11(8-24)13(23)7-12/h5-7,9,18-19H,10H2,1-4H3. The summed E-state index contributed by atoms with van der Waals surface area (Å²) in [5.41, 5.74) is 0.912. The molecule has 0 saturated heterocycles. The van der Waals surface area contributed by atoms with Crippen LogP contribution in [0.2, 0.25) is 5.02 Å². The number of nitriles is 1. The fourth-order valence-corrected chi connectivity index (χ4v) is 5.81. The molecule has 0 N–H and O–H groups in total. The zero-order valence-electron chi connectivity index (χ0n) is 16.5. The van der Waals surface area contributed by atoms with Crippen molar-refractivity contribution in [2.45, 2.75) is 46.4 Å². The van der Waals surface area contributed by atoms with Crippen LogP contribution in [0.3, 0.4) is 0 Å². The van der Waals surface area contributed by atoms with Crippen LogP contribution in [0.25, 0.3) is 0 Å². The van der Waals surface area contributed by atoms with Gasteiger partial charge in [0.15, 0.2) is 5.69 Å². The number of rotatable bonds is 3. The minimum absolute atomic E-state index is 0.0453. The summed E-state index contributed by atoms with van der Waals surface area (Å²) < 4.78 is 6.93. The molecule has 2 aromatic rings. The van der Waals surface area contributed by atoms with E-state index >= 15 is 0 Å². The minimum Gasteiger partial charge on any atom is -0.489 e. The molecule has 1 amide bonds. The van der Waals surface area contributed by atoms with Crippen LogP contribution in [0.15, 0.2) is 29.0 Å². The van der Waals surface area contributed by atoms with E-state index in [0.717, 1.165) is 0 Å². The van der Waals surface area contributed by atoms with Crippen molar-refractivity contribution in [3.63, 3.8) is 0 Å². The number of carbonyl (C=O) groups is 1. The highest BCUT2D eigenvalue weighted by Gasteiger charge is 2.67. The van der Waals surface area contributed by atoms with Gasteiger partial charge in [0.25, 0.3) is 5.91 Å². The summed E-state index contributed by atoms with van der Waals surface area (Å²) in [7, 11) is 0. The fraction of sp³-hybridized carbons (Fsp3) is 0.429. The first kappa shape index (κ1) is 20.1. The van der Waals surface area contributed by atoms with Gasteiger partial charge in [-0.05, 0) is 28.1 Å². The summed E-state index contributed by atoms with van der Waals surface area (Å²) in [6.45, 7) is 8.85. The van der Waals surface area contributed by atoms with E-state index in [2.05, 4.69) is 59.7 Å². The van der Waals surface area contributed by atoms with Crippen LogP contribution in [0, 0.1) is 22.2 Å². The molecule has 2 heterocycles. The third-order valence-electron chi connectivity index (χ3n) is 5.99. The molecule has 1 saturated carbocycles. The lowest BCUT2D eigenvalue weighted by Gasteiger charge is -2.65. The number of ether oxygens (including phenoxy) is 1. The van der Waals surface area contributed by atoms with Gasteiger partial charge in [0.05, 0.1) is 29.0 Å². The van der Waals surface area contributed by atoms with E-state index < -0.39 is 0 Å². The minimum atomic E-state index is -0.307. The van der Waals surface area contributed by atoms with Crippen LogP contribution in [0.4, 0.5) is 0 Å². The number of fused-ring (bicyclic) bond motifs is 1. The van der Waals surface area contributed by atoms with E-state index in [1.165, 1.54) is 0 Å². The Balaban J connectivity index is 1.60. The maximum Gasteiger partial charge on any atom is 0.275 e. The average Bonchev–Trinajstić information content (AvgIpc) is 2.94. The van der Waals surface area contributed by atoms with E-state index in [4.69, 9.17) is 21.6 Å². The lowest BCUT2D eigenvalue weighted by atomic mass is 9.49. The maximum atomic E-state index is 13.0. The van der Waals surface area contributed by atoms with Crippen LogP contribution in [0.5, 0.6) is 5.75 Å². The topological polar surface area (TPSA) is 79.1 Å². The second-order valence-corrected chi connectivity index (χ2v) is 9.94. The molecule has 0 spiro atoms. The Kier molecular flexibility index (Phi) is 4.63. The molecule has 29 heavy (non-hydrogen) atoms. The molecular formula is C21H20BrClN4O2. The van der Waals surface area contributed by atoms with Gasteiger partial charge in [0.1, 0.15) is 22.5 Å². The number of carbonyl (C=O) groups excluding carboxylic acids is 1. The Morgan fingerprint density at radius 3 is 2.62 bits per heavy atom. The smallest absolute Gasteiger partial charge is 0.275 e. The number of amides is 1. The number of benzene rings is 1. The first-order valence-electron chi connectivity index (χ1n) is 9.26. The molecule has 1 aliphatic heterocycles. The van der Waals surface area contributed by atoms with Crippen LogP contribution in [0.1, 0.15) is 49.4 Å². The molecule has 2 aliphatic rings. The quantitative estimate of drug-likeness (QED) is 0.648. The number of hydrogen-bond acceptors (Lipinski definition) is 5. The molecule has 6 nitrogen and oxygen atoms in total. The molecule has 8 heteroatoms. The van der Waals surface area contributed by atoms with E-state index in [9.17, 15) is 4.79 Å². The Hall–Kier alpha value is -2.17. The summed E-state index contributed by atoms with van der Waals surface area (Å²) in [4.78, 5) is 23.6. The van der Waals surface area contributed by atoms with Crippen LogP contribution in [-0.2, 0) is 6.54 Å². The highest BCUT2D eigenvalue weighted by Crippen LogP contribution is 2.58. The summed E-state index contributed by atoms with van der Waals surface area (Å²) in [5, 5.41) is 9.43. The Morgan fingerprint density at radius 1 is 1.31 bits per heavy atom. The van der Waals surface area contributed by atoms with Crippen LogP contribution >= 0.6 is 27.5 Å². The van der Waals surface area contributed by atoms with Crippen molar-refractivity contribution in [3.8, 4) is 11.8 Å². The molecule has 0 bridgehead atoms. The normalized spacial score (nSPS) is 23.9. The molecule has 1 aromatic heterocycles. The number of nitrogens with zero attached hydrogens (tertiary/aromatic N) is 4. The third kappa shape index (κ3) is 3.01. The van der Waals surface area contributed by atoms with Crippen molar-refractivity contribution in [2.24, 2.45) is 10.8 Å². The van der Waals surface area contributed by atoms with Gasteiger partial charge in [-0.15, -0.1) is 0 Å². The fourth-order valence-electron chi connectivity index (χ4n) is 5.28. The van der Waals surface area contributed by atoms with Gasteiger partial charge in [-0.25, -0.2) is 9.97 Å². The van der Waals surface area contributed by atoms with E-state index in [0.29, 0.717) is 38.9 Å². The van der Waals surface area contributed by atoms with Gasteiger partial charge in [-0.1, -0.05) is 39.3 Å². The van der Waals surface area contributed by atoms with Crippen molar-refractivity contribution < 1.29 is 9.53 Å². The van der Waals surface area contributed by atoms with Crippen LogP contribution in [-0.4, -0.2) is 32.9 Å².